The highest BCUT2D eigenvalue weighted by atomic mass is 16.7. The first-order valence-electron chi connectivity index (χ1n) is 11.3. The monoisotopic (exact) mass is 468 g/mol. The fourth-order valence-electron chi connectivity index (χ4n) is 3.56. The molecule has 1 aliphatic rings. The number of carbonyl (C=O) groups excluding carboxylic acids is 3. The van der Waals surface area contributed by atoms with Crippen molar-refractivity contribution in [3.63, 3.8) is 0 Å². The van der Waals surface area contributed by atoms with Gasteiger partial charge in [0.1, 0.15) is 18.6 Å². The van der Waals surface area contributed by atoms with E-state index >= 15 is 0 Å². The number of rotatable bonds is 9. The Kier molecular flexibility index (Phi) is 8.06. The number of ether oxygens (including phenoxy) is 3. The molecule has 1 aliphatic carbocycles. The summed E-state index contributed by atoms with van der Waals surface area (Å²) >= 11 is 0. The summed E-state index contributed by atoms with van der Waals surface area (Å²) in [5, 5.41) is 5.87. The van der Waals surface area contributed by atoms with Crippen molar-refractivity contribution < 1.29 is 28.6 Å². The number of benzene rings is 2. The fraction of sp³-hybridized carbons (Fsp3) is 0.423. The van der Waals surface area contributed by atoms with Gasteiger partial charge in [-0.15, -0.1) is 0 Å². The lowest BCUT2D eigenvalue weighted by molar-refractivity contribution is -0.110. The number of amides is 1. The number of ketones is 2. The molecule has 0 aromatic heterocycles. The van der Waals surface area contributed by atoms with E-state index in [1.54, 1.807) is 63.2 Å². The van der Waals surface area contributed by atoms with Crippen LogP contribution in [-0.2, 0) is 14.2 Å². The summed E-state index contributed by atoms with van der Waals surface area (Å²) in [6.45, 7) is 9.86. The van der Waals surface area contributed by atoms with Crippen LogP contribution in [0.5, 0.6) is 0 Å². The molecule has 2 aromatic carbocycles. The maximum atomic E-state index is 13.0. The van der Waals surface area contributed by atoms with Gasteiger partial charge >= 0.3 is 6.09 Å². The average molecular weight is 469 g/mol. The van der Waals surface area contributed by atoms with Gasteiger partial charge in [-0.25, -0.2) is 4.79 Å². The Morgan fingerprint density at radius 1 is 0.941 bits per heavy atom. The smallest absolute Gasteiger partial charge is 0.409 e. The van der Waals surface area contributed by atoms with Gasteiger partial charge < -0.3 is 19.5 Å². The molecule has 34 heavy (non-hydrogen) atoms. The van der Waals surface area contributed by atoms with Crippen molar-refractivity contribution >= 4 is 23.3 Å². The maximum Gasteiger partial charge on any atom is 0.409 e. The van der Waals surface area contributed by atoms with E-state index in [4.69, 9.17) is 14.2 Å². The van der Waals surface area contributed by atoms with Crippen molar-refractivity contribution in [3.8, 4) is 0 Å². The van der Waals surface area contributed by atoms with Crippen molar-refractivity contribution in [1.29, 1.82) is 0 Å². The predicted octanol–water partition coefficient (Wildman–Crippen LogP) is 4.37. The van der Waals surface area contributed by atoms with Crippen LogP contribution in [-0.4, -0.2) is 49.4 Å². The van der Waals surface area contributed by atoms with E-state index in [0.29, 0.717) is 41.1 Å². The van der Waals surface area contributed by atoms with Gasteiger partial charge in [-0.1, -0.05) is 50.2 Å². The Bertz CT molecular complexity index is 1060. The minimum absolute atomic E-state index is 0.0107. The first kappa shape index (κ1) is 25.4. The number of fused-ring (bicyclic) bond motifs is 2. The Hall–Kier alpha value is -3.23. The number of hydrogen-bond donors (Lipinski definition) is 2. The van der Waals surface area contributed by atoms with Gasteiger partial charge in [0.05, 0.1) is 12.2 Å². The largest absolute Gasteiger partial charge is 0.444 e. The van der Waals surface area contributed by atoms with E-state index in [2.05, 4.69) is 10.6 Å². The molecule has 0 bridgehead atoms. The van der Waals surface area contributed by atoms with Gasteiger partial charge in [-0.3, -0.25) is 14.9 Å². The van der Waals surface area contributed by atoms with Gasteiger partial charge in [0.15, 0.2) is 11.6 Å². The molecule has 0 saturated carbocycles. The molecule has 2 aromatic rings. The lowest BCUT2D eigenvalue weighted by Crippen LogP contribution is -2.43. The zero-order chi connectivity index (χ0) is 24.9. The normalized spacial score (nSPS) is 13.8. The van der Waals surface area contributed by atoms with Crippen LogP contribution in [0.25, 0.3) is 0 Å². The summed E-state index contributed by atoms with van der Waals surface area (Å²) in [4.78, 5) is 37.9. The minimum Gasteiger partial charge on any atom is -0.444 e. The maximum absolute atomic E-state index is 13.0. The zero-order valence-corrected chi connectivity index (χ0v) is 20.3. The molecule has 0 spiro atoms. The third-order valence-corrected chi connectivity index (χ3v) is 5.11. The quantitative estimate of drug-likeness (QED) is 0.355. The van der Waals surface area contributed by atoms with Crippen molar-refractivity contribution in [2.24, 2.45) is 5.92 Å². The van der Waals surface area contributed by atoms with Crippen LogP contribution in [0.3, 0.4) is 0 Å². The summed E-state index contributed by atoms with van der Waals surface area (Å²) < 4.78 is 16.4. The summed E-state index contributed by atoms with van der Waals surface area (Å²) in [5.41, 5.74) is 1.60. The molecule has 2 N–H and O–H groups in total. The first-order valence-corrected chi connectivity index (χ1v) is 11.3. The highest BCUT2D eigenvalue weighted by Gasteiger charge is 2.31. The van der Waals surface area contributed by atoms with Crippen molar-refractivity contribution in [1.82, 2.24) is 5.32 Å². The number of carbonyl (C=O) groups is 3. The van der Waals surface area contributed by atoms with Crippen LogP contribution in [0.4, 0.5) is 10.5 Å². The summed E-state index contributed by atoms with van der Waals surface area (Å²) in [5.74, 6) is -0.322. The van der Waals surface area contributed by atoms with Crippen molar-refractivity contribution in [2.75, 3.05) is 25.3 Å². The highest BCUT2D eigenvalue weighted by Crippen LogP contribution is 2.31. The number of nitrogens with one attached hydrogen (secondary N) is 2. The first-order chi connectivity index (χ1) is 16.1. The molecule has 3 rings (SSSR count). The number of hydrogen-bond acceptors (Lipinski definition) is 7. The van der Waals surface area contributed by atoms with Crippen LogP contribution in [0, 0.1) is 5.92 Å². The molecule has 0 fully saturated rings. The predicted molar refractivity (Wildman–Crippen MR) is 128 cm³/mol. The molecule has 8 nitrogen and oxygen atoms in total. The molecule has 1 atom stereocenters. The Labute approximate surface area is 200 Å². The molecule has 182 valence electrons. The molecular weight excluding hydrogens is 436 g/mol. The molecule has 8 heteroatoms. The Balaban J connectivity index is 1.51. The lowest BCUT2D eigenvalue weighted by Gasteiger charge is -2.25. The van der Waals surface area contributed by atoms with Gasteiger partial charge in [-0.2, -0.15) is 0 Å². The minimum atomic E-state index is -0.599. The molecule has 0 saturated heterocycles. The van der Waals surface area contributed by atoms with Crippen LogP contribution in [0.15, 0.2) is 42.5 Å². The number of alkyl carbamates (subject to hydrolysis) is 1. The SMILES string of the molecule is CC(C)[C@H](NC(=O)OC(C)(C)C)OCOCCNc1cccc2c1C(=O)c1ccccc1C2=O. The van der Waals surface area contributed by atoms with E-state index in [0.717, 1.165) is 0 Å². The van der Waals surface area contributed by atoms with Crippen molar-refractivity contribution in [2.45, 2.75) is 46.4 Å². The lowest BCUT2D eigenvalue weighted by atomic mass is 9.83. The fourth-order valence-corrected chi connectivity index (χ4v) is 3.56. The second-order valence-corrected chi connectivity index (χ2v) is 9.36. The van der Waals surface area contributed by atoms with Gasteiger partial charge in [-0.05, 0) is 32.8 Å². The molecular formula is C26H32N2O6. The summed E-state index contributed by atoms with van der Waals surface area (Å²) in [6.07, 6.45) is -1.12. The van der Waals surface area contributed by atoms with Crippen LogP contribution < -0.4 is 10.6 Å². The Morgan fingerprint density at radius 2 is 1.59 bits per heavy atom. The van der Waals surface area contributed by atoms with Crippen LogP contribution >= 0.6 is 0 Å². The molecule has 0 aliphatic heterocycles. The number of anilines is 1. The van der Waals surface area contributed by atoms with E-state index in [-0.39, 0.29) is 24.3 Å². The summed E-state index contributed by atoms with van der Waals surface area (Å²) in [6, 6.07) is 12.0. The second-order valence-electron chi connectivity index (χ2n) is 9.36. The average Bonchev–Trinajstić information content (AvgIpc) is 2.77. The van der Waals surface area contributed by atoms with Gasteiger partial charge in [0.2, 0.25) is 0 Å². The van der Waals surface area contributed by atoms with E-state index in [1.807, 2.05) is 13.8 Å². The standard InChI is InChI=1S/C26H32N2O6/c1-16(2)24(28-25(31)34-26(3,4)5)33-15-32-14-13-27-20-12-8-11-19-21(20)23(30)18-10-7-6-9-17(18)22(19)29/h6-12,16,24,27H,13-15H2,1-5H3,(H,28,31)/t24-/m1/s1. The Morgan fingerprint density at radius 3 is 2.24 bits per heavy atom. The topological polar surface area (TPSA) is 103 Å². The third-order valence-electron chi connectivity index (χ3n) is 5.11. The van der Waals surface area contributed by atoms with E-state index < -0.39 is 17.9 Å². The van der Waals surface area contributed by atoms with Crippen molar-refractivity contribution in [3.05, 3.63) is 64.7 Å². The van der Waals surface area contributed by atoms with Crippen LogP contribution in [0.1, 0.15) is 66.5 Å². The molecule has 0 heterocycles. The van der Waals surface area contributed by atoms with Gasteiger partial charge in [0.25, 0.3) is 0 Å². The zero-order valence-electron chi connectivity index (χ0n) is 20.3. The summed E-state index contributed by atoms with van der Waals surface area (Å²) in [7, 11) is 0. The van der Waals surface area contributed by atoms with Gasteiger partial charge in [0, 0.05) is 28.9 Å². The van der Waals surface area contributed by atoms with E-state index in [1.165, 1.54) is 0 Å². The highest BCUT2D eigenvalue weighted by molar-refractivity contribution is 6.30. The third kappa shape index (κ3) is 6.21. The molecule has 0 radical (unpaired) electrons. The second kappa shape index (κ2) is 10.8. The molecule has 1 amide bonds. The van der Waals surface area contributed by atoms with E-state index in [9.17, 15) is 14.4 Å². The van der Waals surface area contributed by atoms with Crippen LogP contribution in [0.2, 0.25) is 0 Å². The molecule has 0 unspecified atom stereocenters.